The highest BCUT2D eigenvalue weighted by Gasteiger charge is 2.54. The van der Waals surface area contributed by atoms with Crippen molar-refractivity contribution in [3.05, 3.63) is 0 Å². The third-order valence-corrected chi connectivity index (χ3v) is 3.07. The van der Waals surface area contributed by atoms with Crippen LogP contribution < -0.4 is 0 Å². The van der Waals surface area contributed by atoms with Crippen molar-refractivity contribution in [1.29, 1.82) is 0 Å². The summed E-state index contributed by atoms with van der Waals surface area (Å²) >= 11 is 0. The molecule has 1 heteroatoms. The Balaban J connectivity index is 2.17. The highest BCUT2D eigenvalue weighted by Crippen LogP contribution is 2.50. The summed E-state index contributed by atoms with van der Waals surface area (Å²) in [6.07, 6.45) is 8.13. The molecule has 0 spiro atoms. The van der Waals surface area contributed by atoms with Gasteiger partial charge in [-0.3, -0.25) is 4.90 Å². The lowest BCUT2D eigenvalue weighted by Gasteiger charge is -2.36. The SMILES string of the molecule is C#C[C@@H]1C[C@@H]2C[C@@H]2N1C(C)(C)C. The van der Waals surface area contributed by atoms with Gasteiger partial charge in [-0.15, -0.1) is 6.42 Å². The number of terminal acetylenes is 1. The second-order valence-electron chi connectivity index (χ2n) is 5.06. The number of likely N-dealkylation sites (tertiary alicyclic amines) is 1. The van der Waals surface area contributed by atoms with Crippen molar-refractivity contribution < 1.29 is 0 Å². The van der Waals surface area contributed by atoms with E-state index < -0.39 is 0 Å². The number of rotatable bonds is 0. The van der Waals surface area contributed by atoms with E-state index in [1.165, 1.54) is 12.8 Å². The number of nitrogens with zero attached hydrogens (tertiary/aromatic N) is 1. The highest BCUT2D eigenvalue weighted by molar-refractivity contribution is 5.17. The Morgan fingerprint density at radius 2 is 2.00 bits per heavy atom. The van der Waals surface area contributed by atoms with Crippen LogP contribution in [0.25, 0.3) is 0 Å². The molecule has 2 fully saturated rings. The number of piperidine rings is 1. The maximum Gasteiger partial charge on any atom is 0.0721 e. The third kappa shape index (κ3) is 1.06. The molecular formula is C11H17N. The minimum atomic E-state index is 0.257. The van der Waals surface area contributed by atoms with Gasteiger partial charge in [0, 0.05) is 11.6 Å². The van der Waals surface area contributed by atoms with Crippen molar-refractivity contribution in [3.63, 3.8) is 0 Å². The summed E-state index contributed by atoms with van der Waals surface area (Å²) in [5, 5.41) is 0. The molecule has 0 unspecified atom stereocenters. The van der Waals surface area contributed by atoms with Crippen molar-refractivity contribution >= 4 is 0 Å². The molecule has 1 aliphatic carbocycles. The molecule has 0 N–H and O–H groups in total. The van der Waals surface area contributed by atoms with Gasteiger partial charge in [0.15, 0.2) is 0 Å². The molecule has 2 aliphatic rings. The fourth-order valence-electron chi connectivity index (χ4n) is 2.57. The monoisotopic (exact) mass is 163 g/mol. The van der Waals surface area contributed by atoms with Gasteiger partial charge >= 0.3 is 0 Å². The van der Waals surface area contributed by atoms with E-state index in [-0.39, 0.29) is 5.54 Å². The summed E-state index contributed by atoms with van der Waals surface area (Å²) in [7, 11) is 0. The van der Waals surface area contributed by atoms with Gasteiger partial charge in [0.25, 0.3) is 0 Å². The zero-order chi connectivity index (χ0) is 8.93. The van der Waals surface area contributed by atoms with Gasteiger partial charge < -0.3 is 0 Å². The number of hydrogen-bond acceptors (Lipinski definition) is 1. The fourth-order valence-corrected chi connectivity index (χ4v) is 2.57. The molecule has 0 aromatic rings. The van der Waals surface area contributed by atoms with Crippen LogP contribution in [-0.4, -0.2) is 22.5 Å². The first-order valence-corrected chi connectivity index (χ1v) is 4.78. The zero-order valence-electron chi connectivity index (χ0n) is 8.17. The number of hydrogen-bond donors (Lipinski definition) is 0. The molecule has 1 saturated heterocycles. The Bertz CT molecular complexity index is 230. The van der Waals surface area contributed by atoms with Crippen molar-refractivity contribution in [1.82, 2.24) is 4.90 Å². The molecule has 1 heterocycles. The standard InChI is InChI=1S/C11H17N/c1-5-9-6-8-7-10(8)12(9)11(2,3)4/h1,8-10H,6-7H2,2-4H3/t8-,9-,10+/m1/s1. The predicted octanol–water partition coefficient (Wildman–Crippen LogP) is 1.88. The Kier molecular flexibility index (Phi) is 1.53. The molecule has 0 radical (unpaired) electrons. The first kappa shape index (κ1) is 8.13. The molecule has 0 aromatic heterocycles. The van der Waals surface area contributed by atoms with Gasteiger partial charge in [-0.05, 0) is 39.5 Å². The van der Waals surface area contributed by atoms with E-state index in [1.54, 1.807) is 0 Å². The van der Waals surface area contributed by atoms with E-state index in [1.807, 2.05) is 0 Å². The van der Waals surface area contributed by atoms with Crippen molar-refractivity contribution in [2.45, 2.75) is 51.2 Å². The Hall–Kier alpha value is -0.480. The van der Waals surface area contributed by atoms with E-state index in [0.29, 0.717) is 6.04 Å². The van der Waals surface area contributed by atoms with Gasteiger partial charge in [-0.2, -0.15) is 0 Å². The smallest absolute Gasteiger partial charge is 0.0721 e. The van der Waals surface area contributed by atoms with Gasteiger partial charge in [-0.25, -0.2) is 0 Å². The summed E-state index contributed by atoms with van der Waals surface area (Å²) in [6.45, 7) is 6.79. The van der Waals surface area contributed by atoms with Crippen LogP contribution >= 0.6 is 0 Å². The largest absolute Gasteiger partial charge is 0.282 e. The lowest BCUT2D eigenvalue weighted by atomic mass is 10.0. The molecule has 1 nitrogen and oxygen atoms in total. The molecule has 66 valence electrons. The van der Waals surface area contributed by atoms with E-state index in [0.717, 1.165) is 12.0 Å². The van der Waals surface area contributed by atoms with E-state index in [2.05, 4.69) is 31.6 Å². The van der Waals surface area contributed by atoms with Crippen LogP contribution in [0.3, 0.4) is 0 Å². The molecule has 0 amide bonds. The van der Waals surface area contributed by atoms with E-state index >= 15 is 0 Å². The van der Waals surface area contributed by atoms with Crippen LogP contribution in [0.1, 0.15) is 33.6 Å². The second kappa shape index (κ2) is 2.26. The zero-order valence-corrected chi connectivity index (χ0v) is 8.17. The van der Waals surface area contributed by atoms with Crippen LogP contribution in [0.4, 0.5) is 0 Å². The van der Waals surface area contributed by atoms with Crippen LogP contribution in [0.2, 0.25) is 0 Å². The third-order valence-electron chi connectivity index (χ3n) is 3.07. The Labute approximate surface area is 75.1 Å². The highest BCUT2D eigenvalue weighted by atomic mass is 15.3. The maximum absolute atomic E-state index is 5.51. The summed E-state index contributed by atoms with van der Waals surface area (Å²) in [4.78, 5) is 2.53. The molecule has 2 rings (SSSR count). The van der Waals surface area contributed by atoms with E-state index in [9.17, 15) is 0 Å². The predicted molar refractivity (Wildman–Crippen MR) is 50.7 cm³/mol. The summed E-state index contributed by atoms with van der Waals surface area (Å²) in [5.41, 5.74) is 0.257. The topological polar surface area (TPSA) is 3.24 Å². The summed E-state index contributed by atoms with van der Waals surface area (Å²) in [5.74, 6) is 3.83. The molecule has 1 saturated carbocycles. The van der Waals surface area contributed by atoms with Gasteiger partial charge in [0.1, 0.15) is 0 Å². The first-order chi connectivity index (χ1) is 5.54. The van der Waals surface area contributed by atoms with E-state index in [4.69, 9.17) is 6.42 Å². The lowest BCUT2D eigenvalue weighted by molar-refractivity contribution is 0.122. The fraction of sp³-hybridized carbons (Fsp3) is 0.818. The van der Waals surface area contributed by atoms with Crippen LogP contribution in [0, 0.1) is 18.3 Å². The van der Waals surface area contributed by atoms with Crippen molar-refractivity contribution in [2.75, 3.05) is 0 Å². The minimum Gasteiger partial charge on any atom is -0.282 e. The average molecular weight is 163 g/mol. The Morgan fingerprint density at radius 3 is 2.42 bits per heavy atom. The lowest BCUT2D eigenvalue weighted by Crippen LogP contribution is -2.46. The van der Waals surface area contributed by atoms with Crippen LogP contribution in [-0.2, 0) is 0 Å². The molecule has 12 heavy (non-hydrogen) atoms. The number of fused-ring (bicyclic) bond motifs is 1. The average Bonchev–Trinajstić information content (AvgIpc) is 2.58. The minimum absolute atomic E-state index is 0.257. The first-order valence-electron chi connectivity index (χ1n) is 4.78. The molecule has 3 atom stereocenters. The summed E-state index contributed by atoms with van der Waals surface area (Å²) in [6, 6.07) is 1.22. The molecule has 1 aliphatic heterocycles. The second-order valence-corrected chi connectivity index (χ2v) is 5.06. The van der Waals surface area contributed by atoms with Crippen molar-refractivity contribution in [2.24, 2.45) is 5.92 Å². The molecule has 0 bridgehead atoms. The van der Waals surface area contributed by atoms with Gasteiger partial charge in [-0.1, -0.05) is 5.92 Å². The maximum atomic E-state index is 5.51. The van der Waals surface area contributed by atoms with Crippen LogP contribution in [0.5, 0.6) is 0 Å². The van der Waals surface area contributed by atoms with Gasteiger partial charge in [0.2, 0.25) is 0 Å². The molecular weight excluding hydrogens is 146 g/mol. The summed E-state index contributed by atoms with van der Waals surface area (Å²) < 4.78 is 0. The quantitative estimate of drug-likeness (QED) is 0.493. The van der Waals surface area contributed by atoms with Gasteiger partial charge in [0.05, 0.1) is 6.04 Å². The molecule has 0 aromatic carbocycles. The van der Waals surface area contributed by atoms with Crippen LogP contribution in [0.15, 0.2) is 0 Å². The van der Waals surface area contributed by atoms with Crippen molar-refractivity contribution in [3.8, 4) is 12.3 Å². The normalized spacial score (nSPS) is 40.7. The Morgan fingerprint density at radius 1 is 1.33 bits per heavy atom.